The number of anilines is 1. The number of nitrogens with zero attached hydrogens (tertiary/aromatic N) is 2. The van der Waals surface area contributed by atoms with Crippen molar-refractivity contribution in [1.82, 2.24) is 9.55 Å². The number of amides is 1. The van der Waals surface area contributed by atoms with Crippen LogP contribution in [0.1, 0.15) is 44.3 Å². The van der Waals surface area contributed by atoms with Crippen molar-refractivity contribution in [2.75, 3.05) is 5.32 Å². The highest BCUT2D eigenvalue weighted by molar-refractivity contribution is 6.03. The van der Waals surface area contributed by atoms with E-state index in [1.54, 1.807) is 37.3 Å². The largest absolute Gasteiger partial charge is 0.453 e. The molecule has 1 aliphatic heterocycles. The third kappa shape index (κ3) is 3.65. The third-order valence-corrected chi connectivity index (χ3v) is 5.26. The zero-order valence-corrected chi connectivity index (χ0v) is 16.5. The Hall–Kier alpha value is -3.07. The average Bonchev–Trinajstić information content (AvgIpc) is 2.82. The molecule has 154 valence electrons. The maximum absolute atomic E-state index is 15.7. The van der Waals surface area contributed by atoms with Gasteiger partial charge in [-0.3, -0.25) is 14.2 Å². The molecule has 1 N–H and O–H groups in total. The van der Waals surface area contributed by atoms with Gasteiger partial charge in [0.1, 0.15) is 11.9 Å². The molecule has 2 unspecified atom stereocenters. The maximum atomic E-state index is 15.7. The first kappa shape index (κ1) is 20.7. The van der Waals surface area contributed by atoms with Crippen LogP contribution in [-0.4, -0.2) is 38.8 Å². The Morgan fingerprint density at radius 3 is 2.48 bits per heavy atom. The fraction of sp³-hybridized carbons (Fsp3) is 0.400. The molecule has 1 aromatic carbocycles. The van der Waals surface area contributed by atoms with E-state index < -0.39 is 41.2 Å². The lowest BCUT2D eigenvalue weighted by Gasteiger charge is -2.36. The highest BCUT2D eigenvalue weighted by atomic mass is 19.1. The molecule has 1 aromatic heterocycles. The second-order valence-electron chi connectivity index (χ2n) is 7.23. The lowest BCUT2D eigenvalue weighted by atomic mass is 9.84. The Morgan fingerprint density at radius 2 is 1.90 bits per heavy atom. The summed E-state index contributed by atoms with van der Waals surface area (Å²) in [6.45, 7) is 5.38. The summed E-state index contributed by atoms with van der Waals surface area (Å²) in [6, 6.07) is 9.80. The summed E-state index contributed by atoms with van der Waals surface area (Å²) in [6.07, 6.45) is -0.888. The van der Waals surface area contributed by atoms with Crippen LogP contribution in [0.3, 0.4) is 0 Å². The number of nitrogens with one attached hydrogen (secondary N) is 1. The topological polar surface area (TPSA) is 99.5 Å². The van der Waals surface area contributed by atoms with Gasteiger partial charge in [0.2, 0.25) is 0 Å². The minimum atomic E-state index is -2.21. The van der Waals surface area contributed by atoms with E-state index in [0.29, 0.717) is 5.56 Å². The molecule has 8 nitrogen and oxygen atoms in total. The number of rotatable bonds is 4. The highest BCUT2D eigenvalue weighted by Gasteiger charge is 2.65. The summed E-state index contributed by atoms with van der Waals surface area (Å²) >= 11 is 0. The van der Waals surface area contributed by atoms with Gasteiger partial charge in [-0.2, -0.15) is 4.98 Å². The maximum Gasteiger partial charge on any atom is 0.351 e. The van der Waals surface area contributed by atoms with Crippen molar-refractivity contribution in [3.63, 3.8) is 0 Å². The van der Waals surface area contributed by atoms with Crippen molar-refractivity contribution >= 4 is 17.7 Å². The summed E-state index contributed by atoms with van der Waals surface area (Å²) in [5.41, 5.74) is -4.22. The first-order valence-electron chi connectivity index (χ1n) is 9.06. The molecule has 1 fully saturated rings. The van der Waals surface area contributed by atoms with Crippen molar-refractivity contribution in [1.29, 1.82) is 0 Å². The minimum Gasteiger partial charge on any atom is -0.453 e. The molecular formula is C20H22FN3O5. The van der Waals surface area contributed by atoms with Crippen LogP contribution in [0, 0.1) is 0 Å². The molecular weight excluding hydrogens is 381 g/mol. The molecule has 29 heavy (non-hydrogen) atoms. The smallest absolute Gasteiger partial charge is 0.351 e. The summed E-state index contributed by atoms with van der Waals surface area (Å²) in [5, 5.41) is 2.52. The Morgan fingerprint density at radius 1 is 1.24 bits per heavy atom. The van der Waals surface area contributed by atoms with Gasteiger partial charge in [-0.1, -0.05) is 18.2 Å². The number of alkyl halides is 1. The Kier molecular flexibility index (Phi) is 5.27. The molecule has 9 heteroatoms. The first-order chi connectivity index (χ1) is 13.6. The van der Waals surface area contributed by atoms with Gasteiger partial charge in [0, 0.05) is 18.7 Å². The van der Waals surface area contributed by atoms with Crippen LogP contribution < -0.4 is 11.0 Å². The number of hydrogen-bond acceptors (Lipinski definition) is 6. The molecule has 1 aliphatic rings. The van der Waals surface area contributed by atoms with E-state index >= 15 is 4.39 Å². The van der Waals surface area contributed by atoms with Crippen molar-refractivity contribution in [2.45, 2.75) is 51.3 Å². The van der Waals surface area contributed by atoms with Gasteiger partial charge in [-0.05, 0) is 39.0 Å². The molecule has 1 saturated heterocycles. The third-order valence-electron chi connectivity index (χ3n) is 5.26. The van der Waals surface area contributed by atoms with E-state index in [9.17, 15) is 14.4 Å². The molecule has 1 amide bonds. The average molecular weight is 403 g/mol. The van der Waals surface area contributed by atoms with Gasteiger partial charge in [0.15, 0.2) is 17.5 Å². The Bertz CT molecular complexity index is 991. The first-order valence-corrected chi connectivity index (χ1v) is 9.06. The van der Waals surface area contributed by atoms with Crippen molar-refractivity contribution < 1.29 is 23.5 Å². The SMILES string of the molecule is CC(=O)OC1(C)[C@@H](C)OC(n2ccc(NC(=O)c3ccccc3)nc2=O)[C@]1(C)F. The van der Waals surface area contributed by atoms with Crippen molar-refractivity contribution in [2.24, 2.45) is 0 Å². The Balaban J connectivity index is 1.86. The van der Waals surface area contributed by atoms with Gasteiger partial charge in [-0.15, -0.1) is 0 Å². The molecule has 4 atom stereocenters. The van der Waals surface area contributed by atoms with Crippen LogP contribution in [0.5, 0.6) is 0 Å². The van der Waals surface area contributed by atoms with Gasteiger partial charge < -0.3 is 14.8 Å². The minimum absolute atomic E-state index is 0.0226. The van der Waals surface area contributed by atoms with E-state index in [4.69, 9.17) is 9.47 Å². The van der Waals surface area contributed by atoms with Crippen LogP contribution in [0.2, 0.25) is 0 Å². The number of ether oxygens (including phenoxy) is 2. The van der Waals surface area contributed by atoms with Gasteiger partial charge in [-0.25, -0.2) is 9.18 Å². The molecule has 0 radical (unpaired) electrons. The number of esters is 1. The quantitative estimate of drug-likeness (QED) is 0.788. The predicted molar refractivity (Wildman–Crippen MR) is 102 cm³/mol. The molecule has 0 spiro atoms. The number of halogens is 1. The van der Waals surface area contributed by atoms with Crippen LogP contribution in [0.15, 0.2) is 47.4 Å². The van der Waals surface area contributed by atoms with Crippen LogP contribution in [-0.2, 0) is 14.3 Å². The standard InChI is InChI=1S/C20H22FN3O5/c1-12-20(4,29-13(2)25)19(3,21)17(28-12)24-11-10-15(23-18(24)27)22-16(26)14-8-6-5-7-9-14/h5-12,17H,1-4H3,(H,22,23,26,27)/t12-,17?,19+,20?/m1/s1. The second kappa shape index (κ2) is 7.40. The molecule has 3 rings (SSSR count). The lowest BCUT2D eigenvalue weighted by molar-refractivity contribution is -0.172. The second-order valence-corrected chi connectivity index (χ2v) is 7.23. The van der Waals surface area contributed by atoms with E-state index in [1.807, 2.05) is 0 Å². The predicted octanol–water partition coefficient (Wildman–Crippen LogP) is 2.46. The fourth-order valence-corrected chi connectivity index (χ4v) is 3.34. The molecule has 0 saturated carbocycles. The number of carbonyl (C=O) groups excluding carboxylic acids is 2. The summed E-state index contributed by atoms with van der Waals surface area (Å²) in [7, 11) is 0. The number of carbonyl (C=O) groups is 2. The summed E-state index contributed by atoms with van der Waals surface area (Å²) in [4.78, 5) is 40.0. The van der Waals surface area contributed by atoms with Crippen LogP contribution in [0.25, 0.3) is 0 Å². The van der Waals surface area contributed by atoms with E-state index in [2.05, 4.69) is 10.3 Å². The van der Waals surface area contributed by atoms with Crippen molar-refractivity contribution in [3.05, 3.63) is 58.6 Å². The van der Waals surface area contributed by atoms with E-state index in [1.165, 1.54) is 33.0 Å². The fourth-order valence-electron chi connectivity index (χ4n) is 3.34. The van der Waals surface area contributed by atoms with Gasteiger partial charge in [0.05, 0.1) is 0 Å². The zero-order chi connectivity index (χ0) is 21.4. The van der Waals surface area contributed by atoms with Crippen LogP contribution in [0.4, 0.5) is 10.2 Å². The van der Waals surface area contributed by atoms with E-state index in [-0.39, 0.29) is 5.82 Å². The summed E-state index contributed by atoms with van der Waals surface area (Å²) in [5.74, 6) is -1.06. The van der Waals surface area contributed by atoms with Gasteiger partial charge >= 0.3 is 11.7 Å². The highest BCUT2D eigenvalue weighted by Crippen LogP contribution is 2.49. The normalized spacial score (nSPS) is 28.7. The zero-order valence-electron chi connectivity index (χ0n) is 16.5. The molecule has 2 aromatic rings. The molecule has 2 heterocycles. The van der Waals surface area contributed by atoms with Crippen LogP contribution >= 0.6 is 0 Å². The van der Waals surface area contributed by atoms with Gasteiger partial charge in [0.25, 0.3) is 5.91 Å². The Labute approximate surface area is 166 Å². The number of benzene rings is 1. The number of hydrogen-bond donors (Lipinski definition) is 1. The lowest BCUT2D eigenvalue weighted by Crippen LogP contribution is -2.53. The monoisotopic (exact) mass is 403 g/mol. The molecule has 0 aliphatic carbocycles. The summed E-state index contributed by atoms with van der Waals surface area (Å²) < 4.78 is 27.5. The molecule has 0 bridgehead atoms. The van der Waals surface area contributed by atoms with E-state index in [0.717, 1.165) is 4.57 Å². The number of aromatic nitrogens is 2. The van der Waals surface area contributed by atoms with Crippen molar-refractivity contribution in [3.8, 4) is 0 Å².